The first kappa shape index (κ1) is 21.1. The number of anilines is 1. The van der Waals surface area contributed by atoms with Crippen molar-refractivity contribution in [3.05, 3.63) is 92.9 Å². The molecule has 9 heteroatoms. The molecule has 158 valence electrons. The number of aliphatic hydroxyl groups excluding tert-OH is 1. The number of Topliss-reactive ketones (excluding diaryl/α,β-unsaturated/α-hetero) is 1. The number of nitrogens with zero attached hydrogens (tertiary/aromatic N) is 1. The van der Waals surface area contributed by atoms with Gasteiger partial charge in [-0.1, -0.05) is 23.2 Å². The predicted molar refractivity (Wildman–Crippen MR) is 111 cm³/mol. The number of rotatable bonds is 3. The molecule has 1 aliphatic heterocycles. The molecule has 1 atom stereocenters. The summed E-state index contributed by atoms with van der Waals surface area (Å²) in [5.41, 5.74) is -0.544. The normalized spacial score (nSPS) is 18.1. The second kappa shape index (κ2) is 7.83. The van der Waals surface area contributed by atoms with Crippen LogP contribution in [0.5, 0.6) is 0 Å². The molecule has 2 aromatic carbocycles. The van der Waals surface area contributed by atoms with E-state index in [2.05, 4.69) is 0 Å². The molecule has 0 spiro atoms. The average Bonchev–Trinajstić information content (AvgIpc) is 3.25. The van der Waals surface area contributed by atoms with Crippen LogP contribution in [0.15, 0.2) is 58.5 Å². The number of benzene rings is 2. The first-order chi connectivity index (χ1) is 14.7. The molecule has 1 aliphatic rings. The van der Waals surface area contributed by atoms with Crippen LogP contribution < -0.4 is 4.90 Å². The SMILES string of the molecule is Cc1ccc(C2/C(=C(/O)c3ccc(Cl)c(Cl)c3)C(=O)C(=O)N2c2ccc(F)cc2F)o1. The summed E-state index contributed by atoms with van der Waals surface area (Å²) in [4.78, 5) is 26.6. The van der Waals surface area contributed by atoms with Gasteiger partial charge in [-0.05, 0) is 49.4 Å². The zero-order valence-corrected chi connectivity index (χ0v) is 17.3. The Labute approximate surface area is 185 Å². The zero-order valence-electron chi connectivity index (χ0n) is 15.8. The van der Waals surface area contributed by atoms with Gasteiger partial charge in [0.1, 0.15) is 35.0 Å². The summed E-state index contributed by atoms with van der Waals surface area (Å²) in [6, 6.07) is 8.56. The molecule has 2 heterocycles. The number of ketones is 1. The Morgan fingerprint density at radius 1 is 1.03 bits per heavy atom. The van der Waals surface area contributed by atoms with E-state index in [1.807, 2.05) is 0 Å². The van der Waals surface area contributed by atoms with Crippen molar-refractivity contribution in [2.75, 3.05) is 4.90 Å². The van der Waals surface area contributed by atoms with Crippen LogP contribution in [-0.4, -0.2) is 16.8 Å². The molecule has 1 saturated heterocycles. The van der Waals surface area contributed by atoms with Crippen LogP contribution in [0.1, 0.15) is 23.1 Å². The van der Waals surface area contributed by atoms with E-state index in [1.54, 1.807) is 13.0 Å². The first-order valence-electron chi connectivity index (χ1n) is 8.97. The standard InChI is InChI=1S/C22H13Cl2F2NO4/c1-10-2-7-17(31-10)19-18(20(28)11-3-5-13(23)14(24)8-11)21(29)22(30)27(19)16-6-4-12(25)9-15(16)26/h2-9,19,28H,1H3/b20-18-. The van der Waals surface area contributed by atoms with Gasteiger partial charge in [0.15, 0.2) is 0 Å². The number of hydrogen-bond donors (Lipinski definition) is 1. The fourth-order valence-corrected chi connectivity index (χ4v) is 3.72. The van der Waals surface area contributed by atoms with Gasteiger partial charge in [0.2, 0.25) is 0 Å². The fraction of sp³-hybridized carbons (Fsp3) is 0.0909. The zero-order chi connectivity index (χ0) is 22.4. The van der Waals surface area contributed by atoms with E-state index in [9.17, 15) is 23.5 Å². The Morgan fingerprint density at radius 3 is 2.39 bits per heavy atom. The maximum atomic E-state index is 14.6. The van der Waals surface area contributed by atoms with Gasteiger partial charge >= 0.3 is 0 Å². The van der Waals surface area contributed by atoms with Crippen LogP contribution in [0, 0.1) is 18.6 Å². The van der Waals surface area contributed by atoms with E-state index < -0.39 is 35.1 Å². The van der Waals surface area contributed by atoms with E-state index in [1.165, 1.54) is 24.3 Å². The van der Waals surface area contributed by atoms with Crippen LogP contribution in [0.3, 0.4) is 0 Å². The van der Waals surface area contributed by atoms with Gasteiger partial charge < -0.3 is 9.52 Å². The number of hydrogen-bond acceptors (Lipinski definition) is 4. The van der Waals surface area contributed by atoms with Gasteiger partial charge in [0.25, 0.3) is 11.7 Å². The van der Waals surface area contributed by atoms with Crippen molar-refractivity contribution in [2.45, 2.75) is 13.0 Å². The number of carbonyl (C=O) groups is 2. The molecule has 4 rings (SSSR count). The van der Waals surface area contributed by atoms with Crippen LogP contribution in [0.2, 0.25) is 10.0 Å². The summed E-state index contributed by atoms with van der Waals surface area (Å²) >= 11 is 11.9. The smallest absolute Gasteiger partial charge is 0.300 e. The monoisotopic (exact) mass is 463 g/mol. The topological polar surface area (TPSA) is 70.8 Å². The van der Waals surface area contributed by atoms with Crippen LogP contribution in [-0.2, 0) is 9.59 Å². The Bertz CT molecular complexity index is 1270. The number of carbonyl (C=O) groups excluding carboxylic acids is 2. The molecule has 1 unspecified atom stereocenters. The number of amides is 1. The van der Waals surface area contributed by atoms with Gasteiger partial charge in [-0.3, -0.25) is 14.5 Å². The van der Waals surface area contributed by atoms with Gasteiger partial charge in [0.05, 0.1) is 21.3 Å². The molecule has 3 aromatic rings. The van der Waals surface area contributed by atoms with Crippen molar-refractivity contribution >= 4 is 46.3 Å². The van der Waals surface area contributed by atoms with Gasteiger partial charge in [-0.2, -0.15) is 0 Å². The quantitative estimate of drug-likeness (QED) is 0.302. The highest BCUT2D eigenvalue weighted by Gasteiger charge is 2.49. The van der Waals surface area contributed by atoms with Crippen LogP contribution in [0.25, 0.3) is 5.76 Å². The van der Waals surface area contributed by atoms with Crippen molar-refractivity contribution in [2.24, 2.45) is 0 Å². The third-order valence-electron chi connectivity index (χ3n) is 4.84. The number of aliphatic hydroxyl groups is 1. The molecule has 0 radical (unpaired) electrons. The molecule has 1 fully saturated rings. The van der Waals surface area contributed by atoms with E-state index in [0.29, 0.717) is 11.8 Å². The lowest BCUT2D eigenvalue weighted by Gasteiger charge is -2.23. The predicted octanol–water partition coefficient (Wildman–Crippen LogP) is 5.80. The molecule has 1 N–H and O–H groups in total. The van der Waals surface area contributed by atoms with Gasteiger partial charge in [-0.25, -0.2) is 8.78 Å². The third-order valence-corrected chi connectivity index (χ3v) is 5.58. The summed E-state index contributed by atoms with van der Waals surface area (Å²) in [5.74, 6) is -4.03. The molecule has 31 heavy (non-hydrogen) atoms. The second-order valence-corrected chi connectivity index (χ2v) is 7.66. The lowest BCUT2D eigenvalue weighted by atomic mass is 9.99. The summed E-state index contributed by atoms with van der Waals surface area (Å²) in [6.07, 6.45) is 0. The molecule has 0 saturated carbocycles. The lowest BCUT2D eigenvalue weighted by Crippen LogP contribution is -2.30. The highest BCUT2D eigenvalue weighted by atomic mass is 35.5. The van der Waals surface area contributed by atoms with Crippen molar-refractivity contribution in [1.82, 2.24) is 0 Å². The Hall–Kier alpha value is -3.16. The summed E-state index contributed by atoms with van der Waals surface area (Å²) in [6.45, 7) is 1.65. The van der Waals surface area contributed by atoms with Crippen molar-refractivity contribution in [1.29, 1.82) is 0 Å². The van der Waals surface area contributed by atoms with Gasteiger partial charge in [0, 0.05) is 11.6 Å². The van der Waals surface area contributed by atoms with E-state index in [0.717, 1.165) is 17.0 Å². The first-order valence-corrected chi connectivity index (χ1v) is 9.72. The summed E-state index contributed by atoms with van der Waals surface area (Å²) in [5, 5.41) is 11.3. The molecular formula is C22H13Cl2F2NO4. The van der Waals surface area contributed by atoms with E-state index in [4.69, 9.17) is 27.6 Å². The number of furan rings is 1. The van der Waals surface area contributed by atoms with Crippen molar-refractivity contribution in [3.63, 3.8) is 0 Å². The third kappa shape index (κ3) is 3.60. The molecular weight excluding hydrogens is 451 g/mol. The van der Waals surface area contributed by atoms with Gasteiger partial charge in [-0.15, -0.1) is 0 Å². The molecule has 1 amide bonds. The van der Waals surface area contributed by atoms with Crippen molar-refractivity contribution < 1.29 is 27.9 Å². The molecule has 5 nitrogen and oxygen atoms in total. The Balaban J connectivity index is 1.96. The van der Waals surface area contributed by atoms with E-state index >= 15 is 0 Å². The second-order valence-electron chi connectivity index (χ2n) is 6.84. The van der Waals surface area contributed by atoms with Crippen LogP contribution >= 0.6 is 23.2 Å². The highest BCUT2D eigenvalue weighted by molar-refractivity contribution is 6.51. The number of aryl methyl sites for hydroxylation is 1. The maximum absolute atomic E-state index is 14.6. The number of halogens is 4. The lowest BCUT2D eigenvalue weighted by molar-refractivity contribution is -0.132. The van der Waals surface area contributed by atoms with E-state index in [-0.39, 0.29) is 32.6 Å². The Morgan fingerprint density at radius 2 is 1.77 bits per heavy atom. The highest BCUT2D eigenvalue weighted by Crippen LogP contribution is 2.43. The Kier molecular flexibility index (Phi) is 5.33. The summed E-state index contributed by atoms with van der Waals surface area (Å²) < 4.78 is 33.6. The largest absolute Gasteiger partial charge is 0.507 e. The minimum Gasteiger partial charge on any atom is -0.507 e. The molecule has 0 bridgehead atoms. The minimum absolute atomic E-state index is 0.113. The maximum Gasteiger partial charge on any atom is 0.300 e. The molecule has 1 aromatic heterocycles. The van der Waals surface area contributed by atoms with Crippen molar-refractivity contribution in [3.8, 4) is 0 Å². The minimum atomic E-state index is -1.29. The average molecular weight is 464 g/mol. The fourth-order valence-electron chi connectivity index (χ4n) is 3.43. The molecule has 0 aliphatic carbocycles. The van der Waals surface area contributed by atoms with Crippen LogP contribution in [0.4, 0.5) is 14.5 Å². The summed E-state index contributed by atoms with van der Waals surface area (Å²) in [7, 11) is 0.